The number of aromatic nitrogens is 1. The van der Waals surface area contributed by atoms with E-state index in [1.807, 2.05) is 28.0 Å². The minimum absolute atomic E-state index is 0.0470. The lowest BCUT2D eigenvalue weighted by atomic mass is 9.85. The molecule has 2 aliphatic rings. The first kappa shape index (κ1) is 22.7. The Morgan fingerprint density at radius 2 is 1.91 bits per heavy atom. The lowest BCUT2D eigenvalue weighted by molar-refractivity contribution is -0.159. The molecule has 0 unspecified atom stereocenters. The number of nitrogens with one attached hydrogen (secondary N) is 1. The van der Waals surface area contributed by atoms with E-state index in [-0.39, 0.29) is 24.4 Å². The van der Waals surface area contributed by atoms with E-state index in [1.165, 1.54) is 5.56 Å². The Labute approximate surface area is 202 Å². The van der Waals surface area contributed by atoms with Crippen molar-refractivity contribution < 1.29 is 9.59 Å². The number of piperazine rings is 1. The largest absolute Gasteiger partial charge is 0.356 e. The van der Waals surface area contributed by atoms with E-state index in [9.17, 15) is 9.59 Å². The Hall–Kier alpha value is -3.08. The second kappa shape index (κ2) is 9.28. The number of amides is 2. The van der Waals surface area contributed by atoms with E-state index < -0.39 is 6.04 Å². The smallest absolute Gasteiger partial charge is 0.246 e. The molecule has 0 bridgehead atoms. The summed E-state index contributed by atoms with van der Waals surface area (Å²) in [5, 5.41) is 1.15. The topological polar surface area (TPSA) is 56.4 Å². The van der Waals surface area contributed by atoms with Gasteiger partial charge >= 0.3 is 0 Å². The highest BCUT2D eigenvalue weighted by Crippen LogP contribution is 2.42. The lowest BCUT2D eigenvalue weighted by Gasteiger charge is -2.47. The van der Waals surface area contributed by atoms with E-state index in [0.717, 1.165) is 53.4 Å². The van der Waals surface area contributed by atoms with Crippen LogP contribution in [0.5, 0.6) is 0 Å². The van der Waals surface area contributed by atoms with Crippen molar-refractivity contribution in [2.45, 2.75) is 65.0 Å². The van der Waals surface area contributed by atoms with Crippen molar-refractivity contribution in [1.82, 2.24) is 14.8 Å². The molecule has 0 aliphatic carbocycles. The van der Waals surface area contributed by atoms with Gasteiger partial charge in [0.15, 0.2) is 0 Å². The monoisotopic (exact) mass is 457 g/mol. The Kier molecular flexibility index (Phi) is 6.20. The second-order valence-electron chi connectivity index (χ2n) is 10.0. The molecule has 5 heteroatoms. The minimum Gasteiger partial charge on any atom is -0.356 e. The molecule has 0 radical (unpaired) electrons. The van der Waals surface area contributed by atoms with Gasteiger partial charge in [-0.3, -0.25) is 9.59 Å². The molecular weight excluding hydrogens is 422 g/mol. The fraction of sp³-hybridized carbons (Fsp3) is 0.448. The van der Waals surface area contributed by atoms with Crippen LogP contribution in [0.25, 0.3) is 10.9 Å². The molecule has 34 heavy (non-hydrogen) atoms. The van der Waals surface area contributed by atoms with Crippen molar-refractivity contribution in [2.75, 3.05) is 13.1 Å². The fourth-order valence-corrected chi connectivity index (χ4v) is 5.89. The van der Waals surface area contributed by atoms with Crippen molar-refractivity contribution in [2.24, 2.45) is 5.92 Å². The molecular formula is C29H35N3O2. The highest BCUT2D eigenvalue weighted by atomic mass is 16.2. The standard InChI is InChI=1S/C29H35N3O2/c1-4-6-11-20(5-2)17-31-18-26(33)32-25(29(31)34)16-23-22-13-7-8-14-24(22)30-27(23)28(32)21-12-9-10-19(3)15-21/h7-10,12-15,20,25,28,30H,4-6,11,16-18H2,1-3H3/t20-,25-,28-/m0/s1. The number of carbonyl (C=O) groups is 2. The third-order valence-corrected chi connectivity index (χ3v) is 7.72. The van der Waals surface area contributed by atoms with Gasteiger partial charge < -0.3 is 14.8 Å². The quantitative estimate of drug-likeness (QED) is 0.518. The van der Waals surface area contributed by atoms with E-state index in [2.05, 4.69) is 56.1 Å². The van der Waals surface area contributed by atoms with Crippen LogP contribution in [-0.2, 0) is 16.0 Å². The minimum atomic E-state index is -0.456. The Balaban J connectivity index is 1.56. The van der Waals surface area contributed by atoms with Gasteiger partial charge in [-0.25, -0.2) is 0 Å². The molecule has 3 heterocycles. The van der Waals surface area contributed by atoms with Crippen molar-refractivity contribution in [3.05, 3.63) is 70.9 Å². The number of unbranched alkanes of at least 4 members (excludes halogenated alkanes) is 1. The Morgan fingerprint density at radius 3 is 2.68 bits per heavy atom. The maximum absolute atomic E-state index is 13.9. The van der Waals surface area contributed by atoms with Gasteiger partial charge in [-0.05, 0) is 36.5 Å². The van der Waals surface area contributed by atoms with Crippen LogP contribution in [0.2, 0.25) is 0 Å². The number of nitrogens with zero attached hydrogens (tertiary/aromatic N) is 2. The molecule has 5 rings (SSSR count). The van der Waals surface area contributed by atoms with Crippen LogP contribution < -0.4 is 0 Å². The lowest BCUT2D eigenvalue weighted by Crippen LogP contribution is -2.63. The molecule has 1 aromatic heterocycles. The highest BCUT2D eigenvalue weighted by Gasteiger charge is 2.48. The number of carbonyl (C=O) groups excluding carboxylic acids is 2. The van der Waals surface area contributed by atoms with Gasteiger partial charge in [-0.15, -0.1) is 0 Å². The van der Waals surface area contributed by atoms with Gasteiger partial charge in [0.25, 0.3) is 0 Å². The average molecular weight is 458 g/mol. The number of hydrogen-bond donors (Lipinski definition) is 1. The SMILES string of the molecule is CCCC[C@H](CC)CN1CC(=O)N2[C@@H](c3cccc(C)c3)c3[nH]c4ccccc4c3C[C@H]2C1=O. The van der Waals surface area contributed by atoms with Crippen LogP contribution in [0.15, 0.2) is 48.5 Å². The van der Waals surface area contributed by atoms with Crippen molar-refractivity contribution >= 4 is 22.7 Å². The third-order valence-electron chi connectivity index (χ3n) is 7.72. The van der Waals surface area contributed by atoms with E-state index >= 15 is 0 Å². The molecule has 2 amide bonds. The number of hydrogen-bond acceptors (Lipinski definition) is 2. The number of benzene rings is 2. The summed E-state index contributed by atoms with van der Waals surface area (Å²) < 4.78 is 0. The normalized spacial score (nSPS) is 21.0. The number of fused-ring (bicyclic) bond motifs is 4. The van der Waals surface area contributed by atoms with Gasteiger partial charge in [-0.2, -0.15) is 0 Å². The number of H-pyrrole nitrogens is 1. The van der Waals surface area contributed by atoms with Crippen molar-refractivity contribution in [3.63, 3.8) is 0 Å². The van der Waals surface area contributed by atoms with Crippen LogP contribution in [0.1, 0.15) is 68.0 Å². The highest BCUT2D eigenvalue weighted by molar-refractivity contribution is 5.97. The van der Waals surface area contributed by atoms with Crippen LogP contribution in [0.4, 0.5) is 0 Å². The molecule has 3 aromatic rings. The summed E-state index contributed by atoms with van der Waals surface area (Å²) in [4.78, 5) is 34.9. The molecule has 0 spiro atoms. The van der Waals surface area contributed by atoms with E-state index in [1.54, 1.807) is 0 Å². The zero-order valence-electron chi connectivity index (χ0n) is 20.5. The molecule has 2 aromatic carbocycles. The number of aryl methyl sites for hydroxylation is 1. The summed E-state index contributed by atoms with van der Waals surface area (Å²) in [6.45, 7) is 7.32. The second-order valence-corrected chi connectivity index (χ2v) is 10.0. The number of rotatable bonds is 7. The number of aromatic amines is 1. The van der Waals surface area contributed by atoms with Crippen LogP contribution in [0, 0.1) is 12.8 Å². The Morgan fingerprint density at radius 1 is 1.09 bits per heavy atom. The fourth-order valence-electron chi connectivity index (χ4n) is 5.89. The van der Waals surface area contributed by atoms with Crippen molar-refractivity contribution in [3.8, 4) is 0 Å². The average Bonchev–Trinajstić information content (AvgIpc) is 3.21. The predicted octanol–water partition coefficient (Wildman–Crippen LogP) is 5.38. The molecule has 178 valence electrons. The van der Waals surface area contributed by atoms with Gasteiger partial charge in [0.05, 0.1) is 12.6 Å². The maximum Gasteiger partial charge on any atom is 0.246 e. The van der Waals surface area contributed by atoms with Crippen LogP contribution >= 0.6 is 0 Å². The summed E-state index contributed by atoms with van der Waals surface area (Å²) >= 11 is 0. The zero-order chi connectivity index (χ0) is 23.8. The molecule has 1 N–H and O–H groups in total. The van der Waals surface area contributed by atoms with Crippen LogP contribution in [0.3, 0.4) is 0 Å². The predicted molar refractivity (Wildman–Crippen MR) is 136 cm³/mol. The first-order valence-electron chi connectivity index (χ1n) is 12.8. The summed E-state index contributed by atoms with van der Waals surface area (Å²) in [5.41, 5.74) is 5.49. The first-order valence-corrected chi connectivity index (χ1v) is 12.8. The third kappa shape index (κ3) is 3.91. The zero-order valence-corrected chi connectivity index (χ0v) is 20.5. The summed E-state index contributed by atoms with van der Waals surface area (Å²) in [6, 6.07) is 15.9. The first-order chi connectivity index (χ1) is 16.5. The Bertz CT molecular complexity index is 1210. The molecule has 1 fully saturated rings. The molecule has 1 saturated heterocycles. The summed E-state index contributed by atoms with van der Waals surface area (Å²) in [6.07, 6.45) is 5.02. The molecule has 3 atom stereocenters. The van der Waals surface area contributed by atoms with Gasteiger partial charge in [0.1, 0.15) is 6.04 Å². The summed E-state index contributed by atoms with van der Waals surface area (Å²) in [7, 11) is 0. The van der Waals surface area contributed by atoms with Gasteiger partial charge in [0.2, 0.25) is 11.8 Å². The summed E-state index contributed by atoms with van der Waals surface area (Å²) in [5.74, 6) is 0.594. The molecule has 5 nitrogen and oxygen atoms in total. The van der Waals surface area contributed by atoms with Crippen LogP contribution in [-0.4, -0.2) is 45.7 Å². The molecule has 0 saturated carbocycles. The van der Waals surface area contributed by atoms with Crippen molar-refractivity contribution in [1.29, 1.82) is 0 Å². The van der Waals surface area contributed by atoms with Gasteiger partial charge in [-0.1, -0.05) is 81.1 Å². The van der Waals surface area contributed by atoms with E-state index in [0.29, 0.717) is 18.9 Å². The van der Waals surface area contributed by atoms with Gasteiger partial charge in [0, 0.05) is 29.6 Å². The molecule has 2 aliphatic heterocycles. The van der Waals surface area contributed by atoms with E-state index in [4.69, 9.17) is 0 Å². The maximum atomic E-state index is 13.9. The number of para-hydroxylation sites is 1.